The van der Waals surface area contributed by atoms with Gasteiger partial charge < -0.3 is 19.4 Å². The topological polar surface area (TPSA) is 83.7 Å². The first-order valence-corrected chi connectivity index (χ1v) is 10.2. The summed E-state index contributed by atoms with van der Waals surface area (Å²) < 4.78 is 10.8. The van der Waals surface area contributed by atoms with Crippen molar-refractivity contribution in [3.05, 3.63) is 34.2 Å². The highest BCUT2D eigenvalue weighted by atomic mass is 35.5. The average Bonchev–Trinajstić information content (AvgIpc) is 3.03. The molecule has 1 aromatic carbocycles. The van der Waals surface area contributed by atoms with Gasteiger partial charge in [0.2, 0.25) is 5.89 Å². The molecule has 158 valence electrons. The molecule has 1 amide bonds. The summed E-state index contributed by atoms with van der Waals surface area (Å²) in [5, 5.41) is 11.6. The SMILES string of the molecule is Cc1nnc(Nc2cc(Cl)cc(CN3CCN(C(=O)OC(C)C)[C@@H](C)C3)c2C)o1. The maximum Gasteiger partial charge on any atom is 0.410 e. The number of benzene rings is 1. The molecular formula is C20H28ClN5O3. The van der Waals surface area contributed by atoms with Crippen molar-refractivity contribution < 1.29 is 13.9 Å². The van der Waals surface area contributed by atoms with Crippen molar-refractivity contribution in [2.24, 2.45) is 0 Å². The van der Waals surface area contributed by atoms with E-state index in [1.807, 2.05) is 39.8 Å². The molecule has 9 heteroatoms. The van der Waals surface area contributed by atoms with E-state index in [9.17, 15) is 4.79 Å². The van der Waals surface area contributed by atoms with Crippen molar-refractivity contribution in [1.29, 1.82) is 0 Å². The van der Waals surface area contributed by atoms with E-state index in [1.54, 1.807) is 11.8 Å². The maximum absolute atomic E-state index is 12.2. The summed E-state index contributed by atoms with van der Waals surface area (Å²) in [4.78, 5) is 16.4. The highest BCUT2D eigenvalue weighted by Crippen LogP contribution is 2.28. The summed E-state index contributed by atoms with van der Waals surface area (Å²) in [6.07, 6.45) is -0.358. The second kappa shape index (κ2) is 9.00. The van der Waals surface area contributed by atoms with Crippen LogP contribution in [0.3, 0.4) is 0 Å². The Morgan fingerprint density at radius 1 is 1.34 bits per heavy atom. The molecule has 0 saturated carbocycles. The van der Waals surface area contributed by atoms with Gasteiger partial charge in [0.15, 0.2) is 0 Å². The molecule has 1 saturated heterocycles. The minimum atomic E-state index is -0.243. The fourth-order valence-electron chi connectivity index (χ4n) is 3.45. The van der Waals surface area contributed by atoms with Crippen molar-refractivity contribution in [2.75, 3.05) is 25.0 Å². The Labute approximate surface area is 176 Å². The molecule has 0 aliphatic carbocycles. The van der Waals surface area contributed by atoms with Gasteiger partial charge in [0.25, 0.3) is 0 Å². The van der Waals surface area contributed by atoms with E-state index in [1.165, 1.54) is 0 Å². The lowest BCUT2D eigenvalue weighted by molar-refractivity contribution is 0.0349. The number of ether oxygens (including phenoxy) is 1. The molecule has 1 aliphatic heterocycles. The monoisotopic (exact) mass is 421 g/mol. The van der Waals surface area contributed by atoms with E-state index in [2.05, 4.69) is 20.4 Å². The number of anilines is 2. The lowest BCUT2D eigenvalue weighted by Gasteiger charge is -2.39. The summed E-state index contributed by atoms with van der Waals surface area (Å²) in [5.74, 6) is 0.496. The molecule has 0 spiro atoms. The molecule has 1 aliphatic rings. The summed E-state index contributed by atoms with van der Waals surface area (Å²) in [6, 6.07) is 4.24. The number of aryl methyl sites for hydroxylation is 1. The van der Waals surface area contributed by atoms with Crippen LogP contribution in [0.25, 0.3) is 0 Å². The van der Waals surface area contributed by atoms with Gasteiger partial charge in [-0.05, 0) is 51.0 Å². The van der Waals surface area contributed by atoms with Gasteiger partial charge in [0.05, 0.1) is 6.10 Å². The molecule has 2 heterocycles. The highest BCUT2D eigenvalue weighted by Gasteiger charge is 2.29. The lowest BCUT2D eigenvalue weighted by Crippen LogP contribution is -2.54. The average molecular weight is 422 g/mol. The standard InChI is InChI=1S/C20H28ClN5O3/c1-12(2)28-20(27)26-7-6-25(10-13(26)3)11-16-8-17(21)9-18(14(16)4)22-19-24-23-15(5)29-19/h8-9,12-13H,6-7,10-11H2,1-5H3,(H,22,24)/t13-/m0/s1. The molecule has 3 rings (SSSR count). The second-order valence-electron chi connectivity index (χ2n) is 7.70. The Morgan fingerprint density at radius 3 is 2.72 bits per heavy atom. The number of halogens is 1. The van der Waals surface area contributed by atoms with Gasteiger partial charge in [-0.25, -0.2) is 4.79 Å². The van der Waals surface area contributed by atoms with E-state index in [4.69, 9.17) is 20.8 Å². The molecule has 1 N–H and O–H groups in total. The third kappa shape index (κ3) is 5.39. The van der Waals surface area contributed by atoms with Crippen molar-refractivity contribution in [3.63, 3.8) is 0 Å². The Kier molecular flexibility index (Phi) is 6.64. The smallest absolute Gasteiger partial charge is 0.410 e. The van der Waals surface area contributed by atoms with Crippen LogP contribution < -0.4 is 5.32 Å². The molecule has 1 aromatic heterocycles. The molecule has 1 fully saturated rings. The largest absolute Gasteiger partial charge is 0.447 e. The molecule has 0 radical (unpaired) electrons. The molecule has 2 aromatic rings. The first-order chi connectivity index (χ1) is 13.7. The number of hydrogen-bond acceptors (Lipinski definition) is 7. The number of carbonyl (C=O) groups excluding carboxylic acids is 1. The summed E-state index contributed by atoms with van der Waals surface area (Å²) in [6.45, 7) is 12.5. The van der Waals surface area contributed by atoms with Crippen molar-refractivity contribution in [1.82, 2.24) is 20.0 Å². The van der Waals surface area contributed by atoms with Crippen LogP contribution in [0.15, 0.2) is 16.5 Å². The summed E-state index contributed by atoms with van der Waals surface area (Å²) in [7, 11) is 0. The molecular weight excluding hydrogens is 394 g/mol. The van der Waals surface area contributed by atoms with Crippen molar-refractivity contribution >= 4 is 29.4 Å². The zero-order chi connectivity index (χ0) is 21.1. The number of hydrogen-bond donors (Lipinski definition) is 1. The van der Waals surface area contributed by atoms with E-state index < -0.39 is 0 Å². The fourth-order valence-corrected chi connectivity index (χ4v) is 3.69. The zero-order valence-corrected chi connectivity index (χ0v) is 18.3. The Bertz CT molecular complexity index is 870. The van der Waals surface area contributed by atoms with Gasteiger partial charge in [-0.15, -0.1) is 5.10 Å². The van der Waals surface area contributed by atoms with Gasteiger partial charge >= 0.3 is 12.1 Å². The van der Waals surface area contributed by atoms with Crippen LogP contribution in [0.1, 0.15) is 37.8 Å². The Hall–Kier alpha value is -2.32. The molecule has 0 bridgehead atoms. The number of nitrogens with one attached hydrogen (secondary N) is 1. The van der Waals surface area contributed by atoms with Crippen LogP contribution in [-0.2, 0) is 11.3 Å². The first-order valence-electron chi connectivity index (χ1n) is 9.78. The molecule has 1 atom stereocenters. The van der Waals surface area contributed by atoms with Gasteiger partial charge in [0.1, 0.15) is 0 Å². The number of carbonyl (C=O) groups is 1. The van der Waals surface area contributed by atoms with E-state index in [-0.39, 0.29) is 18.2 Å². The van der Waals surface area contributed by atoms with E-state index >= 15 is 0 Å². The number of piperazine rings is 1. The van der Waals surface area contributed by atoms with Gasteiger partial charge in [0, 0.05) is 49.9 Å². The highest BCUT2D eigenvalue weighted by molar-refractivity contribution is 6.31. The van der Waals surface area contributed by atoms with Crippen molar-refractivity contribution in [2.45, 2.75) is 53.3 Å². The normalized spacial score (nSPS) is 17.6. The minimum absolute atomic E-state index is 0.0773. The number of nitrogens with zero attached hydrogens (tertiary/aromatic N) is 4. The van der Waals surface area contributed by atoms with Crippen molar-refractivity contribution in [3.8, 4) is 0 Å². The quantitative estimate of drug-likeness (QED) is 0.776. The van der Waals surface area contributed by atoms with Crippen LogP contribution in [0.5, 0.6) is 0 Å². The van der Waals surface area contributed by atoms with Gasteiger partial charge in [-0.2, -0.15) is 0 Å². The molecule has 0 unspecified atom stereocenters. The predicted molar refractivity (Wildman–Crippen MR) is 112 cm³/mol. The van der Waals surface area contributed by atoms with Crippen LogP contribution in [0, 0.1) is 13.8 Å². The van der Waals surface area contributed by atoms with Crippen LogP contribution >= 0.6 is 11.6 Å². The van der Waals surface area contributed by atoms with Crippen LogP contribution in [-0.4, -0.2) is 57.9 Å². The van der Waals surface area contributed by atoms with E-state index in [0.29, 0.717) is 23.5 Å². The van der Waals surface area contributed by atoms with Gasteiger partial charge in [-0.3, -0.25) is 4.90 Å². The minimum Gasteiger partial charge on any atom is -0.447 e. The predicted octanol–water partition coefficient (Wildman–Crippen LogP) is 4.13. The lowest BCUT2D eigenvalue weighted by atomic mass is 10.0. The summed E-state index contributed by atoms with van der Waals surface area (Å²) >= 11 is 6.36. The Balaban J connectivity index is 1.68. The number of amides is 1. The van der Waals surface area contributed by atoms with Crippen LogP contribution in [0.4, 0.5) is 16.5 Å². The second-order valence-corrected chi connectivity index (χ2v) is 8.14. The Morgan fingerprint density at radius 2 is 2.10 bits per heavy atom. The first kappa shape index (κ1) is 21.4. The number of aromatic nitrogens is 2. The molecule has 29 heavy (non-hydrogen) atoms. The van der Waals surface area contributed by atoms with Gasteiger partial charge in [-0.1, -0.05) is 16.7 Å². The zero-order valence-electron chi connectivity index (χ0n) is 17.5. The fraction of sp³-hybridized carbons (Fsp3) is 0.550. The van der Waals surface area contributed by atoms with Crippen LogP contribution in [0.2, 0.25) is 5.02 Å². The van der Waals surface area contributed by atoms with E-state index in [0.717, 1.165) is 36.4 Å². The maximum atomic E-state index is 12.2. The third-order valence-electron chi connectivity index (χ3n) is 4.92. The third-order valence-corrected chi connectivity index (χ3v) is 5.14. The number of rotatable bonds is 5. The molecule has 8 nitrogen and oxygen atoms in total. The summed E-state index contributed by atoms with van der Waals surface area (Å²) in [5.41, 5.74) is 3.02.